The fourth-order valence-electron chi connectivity index (χ4n) is 2.75. The van der Waals surface area contributed by atoms with Gasteiger partial charge in [-0.2, -0.15) is 0 Å². The molecule has 0 bridgehead atoms. The fourth-order valence-corrected chi connectivity index (χ4v) is 2.75. The lowest BCUT2D eigenvalue weighted by molar-refractivity contribution is 0.0894. The highest BCUT2D eigenvalue weighted by Crippen LogP contribution is 2.28. The molecule has 0 unspecified atom stereocenters. The van der Waals surface area contributed by atoms with E-state index >= 15 is 0 Å². The van der Waals surface area contributed by atoms with Crippen LogP contribution in [0, 0.1) is 0 Å². The Morgan fingerprint density at radius 3 is 1.80 bits per heavy atom. The maximum absolute atomic E-state index is 12.4. The zero-order valence-electron chi connectivity index (χ0n) is 15.0. The third-order valence-corrected chi connectivity index (χ3v) is 4.27. The van der Waals surface area contributed by atoms with E-state index in [4.69, 9.17) is 0 Å². The Kier molecular flexibility index (Phi) is 5.62. The molecule has 0 aliphatic rings. The van der Waals surface area contributed by atoms with Crippen LogP contribution in [0.25, 0.3) is 0 Å². The van der Waals surface area contributed by atoms with E-state index in [0.717, 1.165) is 5.56 Å². The lowest BCUT2D eigenvalue weighted by Crippen LogP contribution is -2.09. The molecule has 0 atom stereocenters. The molecule has 0 fully saturated rings. The molecule has 0 saturated carbocycles. The molecule has 0 radical (unpaired) electrons. The van der Waals surface area contributed by atoms with Gasteiger partial charge in [-0.15, -0.1) is 0 Å². The summed E-state index contributed by atoms with van der Waals surface area (Å²) in [5, 5.41) is 19.9. The Morgan fingerprint density at radius 1 is 0.760 bits per heavy atom. The molecule has 0 saturated heterocycles. The first kappa shape index (κ1) is 18.7. The second-order valence-corrected chi connectivity index (χ2v) is 6.88. The molecule has 0 aliphatic carbocycles. The summed E-state index contributed by atoms with van der Waals surface area (Å²) in [5.74, 6) is -0.206. The summed E-state index contributed by atoms with van der Waals surface area (Å²) in [5.41, 5.74) is 2.16. The van der Waals surface area contributed by atoms with Gasteiger partial charge in [0, 0.05) is 11.1 Å². The molecule has 2 aromatic rings. The van der Waals surface area contributed by atoms with Gasteiger partial charge in [0.15, 0.2) is 11.6 Å². The summed E-state index contributed by atoms with van der Waals surface area (Å²) in [7, 11) is 0. The number of carbonyl (C=O) groups excluding carboxylic acids is 2. The van der Waals surface area contributed by atoms with Crippen molar-refractivity contribution < 1.29 is 19.8 Å². The van der Waals surface area contributed by atoms with E-state index in [1.807, 2.05) is 27.7 Å². The van der Waals surface area contributed by atoms with E-state index in [1.54, 1.807) is 18.2 Å². The number of benzene rings is 2. The van der Waals surface area contributed by atoms with E-state index < -0.39 is 0 Å². The summed E-state index contributed by atoms with van der Waals surface area (Å²) in [6.07, 6.45) is -0.275. The Hall–Kier alpha value is -2.62. The fraction of sp³-hybridized carbons (Fsp3) is 0.333. The molecule has 0 aromatic heterocycles. The van der Waals surface area contributed by atoms with Crippen LogP contribution in [0.4, 0.5) is 0 Å². The molecule has 0 aliphatic heterocycles. The van der Waals surface area contributed by atoms with Crippen molar-refractivity contribution in [2.45, 2.75) is 46.0 Å². The highest BCUT2D eigenvalue weighted by molar-refractivity contribution is 6.13. The summed E-state index contributed by atoms with van der Waals surface area (Å²) < 4.78 is 0. The van der Waals surface area contributed by atoms with Crippen LogP contribution in [-0.2, 0) is 0 Å². The summed E-state index contributed by atoms with van der Waals surface area (Å²) in [4.78, 5) is 24.8. The highest BCUT2D eigenvalue weighted by atomic mass is 16.3. The number of Topliss-reactive ketones (excluding diaryl/α,β-unsaturated/α-hetero) is 2. The van der Waals surface area contributed by atoms with Gasteiger partial charge in [0.05, 0.1) is 6.42 Å². The van der Waals surface area contributed by atoms with Gasteiger partial charge in [0.2, 0.25) is 0 Å². The van der Waals surface area contributed by atoms with E-state index in [2.05, 4.69) is 0 Å². The van der Waals surface area contributed by atoms with Crippen molar-refractivity contribution in [3.8, 4) is 11.5 Å². The number of rotatable bonds is 6. The lowest BCUT2D eigenvalue weighted by Gasteiger charge is -2.11. The maximum Gasteiger partial charge on any atom is 0.170 e. The molecule has 0 amide bonds. The third kappa shape index (κ3) is 4.27. The summed E-state index contributed by atoms with van der Waals surface area (Å²) in [6, 6.07) is 9.42. The number of hydrogen-bond donors (Lipinski definition) is 2. The number of phenols is 2. The predicted octanol–water partition coefficient (Wildman–Crippen LogP) is 4.80. The van der Waals surface area contributed by atoms with Gasteiger partial charge >= 0.3 is 0 Å². The number of hydrogen-bond acceptors (Lipinski definition) is 4. The number of ketones is 2. The first-order valence-electron chi connectivity index (χ1n) is 8.43. The molecule has 0 spiro atoms. The van der Waals surface area contributed by atoms with Crippen LogP contribution >= 0.6 is 0 Å². The third-order valence-electron chi connectivity index (χ3n) is 4.27. The second-order valence-electron chi connectivity index (χ2n) is 6.88. The Bertz CT molecular complexity index is 804. The number of aromatic hydroxyl groups is 2. The Balaban J connectivity index is 2.19. The quantitative estimate of drug-likeness (QED) is 0.585. The monoisotopic (exact) mass is 340 g/mol. The average molecular weight is 340 g/mol. The van der Waals surface area contributed by atoms with Crippen molar-refractivity contribution in [1.82, 2.24) is 0 Å². The minimum Gasteiger partial charge on any atom is -0.508 e. The van der Waals surface area contributed by atoms with E-state index in [0.29, 0.717) is 16.7 Å². The van der Waals surface area contributed by atoms with Crippen LogP contribution in [0.15, 0.2) is 36.4 Å². The highest BCUT2D eigenvalue weighted by Gasteiger charge is 2.17. The van der Waals surface area contributed by atoms with Gasteiger partial charge < -0.3 is 10.2 Å². The van der Waals surface area contributed by atoms with E-state index in [9.17, 15) is 19.8 Å². The molecule has 0 heterocycles. The van der Waals surface area contributed by atoms with Crippen molar-refractivity contribution >= 4 is 11.6 Å². The Morgan fingerprint density at radius 2 is 1.28 bits per heavy atom. The van der Waals surface area contributed by atoms with Gasteiger partial charge in [-0.3, -0.25) is 9.59 Å². The average Bonchev–Trinajstić information content (AvgIpc) is 2.54. The molecular weight excluding hydrogens is 316 g/mol. The van der Waals surface area contributed by atoms with Crippen LogP contribution in [0.3, 0.4) is 0 Å². The van der Waals surface area contributed by atoms with Gasteiger partial charge in [0.25, 0.3) is 0 Å². The largest absolute Gasteiger partial charge is 0.508 e. The van der Waals surface area contributed by atoms with Crippen LogP contribution in [0.1, 0.15) is 77.8 Å². The SMILES string of the molecule is CC(C)c1ccc(C(=O)CC(=O)c2ccc(O)c(C(C)C)c2)cc1O. The number of carbonyl (C=O) groups is 2. The first-order chi connectivity index (χ1) is 11.7. The minimum atomic E-state index is -0.338. The molecule has 4 heteroatoms. The Labute approximate surface area is 148 Å². The summed E-state index contributed by atoms with van der Waals surface area (Å²) >= 11 is 0. The van der Waals surface area contributed by atoms with Crippen LogP contribution < -0.4 is 0 Å². The van der Waals surface area contributed by atoms with Crippen molar-refractivity contribution in [3.63, 3.8) is 0 Å². The van der Waals surface area contributed by atoms with Crippen molar-refractivity contribution in [2.24, 2.45) is 0 Å². The van der Waals surface area contributed by atoms with Crippen molar-refractivity contribution in [1.29, 1.82) is 0 Å². The molecule has 2 aromatic carbocycles. The maximum atomic E-state index is 12.4. The second kappa shape index (κ2) is 7.51. The molecule has 2 rings (SSSR count). The molecular formula is C21H24O4. The minimum absolute atomic E-state index is 0.0695. The molecule has 2 N–H and O–H groups in total. The molecule has 132 valence electrons. The predicted molar refractivity (Wildman–Crippen MR) is 97.7 cm³/mol. The van der Waals surface area contributed by atoms with Gasteiger partial charge in [-0.25, -0.2) is 0 Å². The van der Waals surface area contributed by atoms with Crippen molar-refractivity contribution in [2.75, 3.05) is 0 Å². The van der Waals surface area contributed by atoms with Crippen LogP contribution in [0.2, 0.25) is 0 Å². The standard InChI is InChI=1S/C21H24O4/c1-12(2)16-7-5-15(10-21(16)25)20(24)11-19(23)14-6-8-18(22)17(9-14)13(3)4/h5-10,12-13,22,25H,11H2,1-4H3. The van der Waals surface area contributed by atoms with E-state index in [-0.39, 0.29) is 41.3 Å². The number of phenolic OH excluding ortho intramolecular Hbond substituents is 2. The lowest BCUT2D eigenvalue weighted by atomic mass is 9.94. The van der Waals surface area contributed by atoms with Gasteiger partial charge in [0.1, 0.15) is 11.5 Å². The normalized spacial score (nSPS) is 11.1. The van der Waals surface area contributed by atoms with Crippen LogP contribution in [-0.4, -0.2) is 21.8 Å². The zero-order chi connectivity index (χ0) is 18.7. The molecule has 25 heavy (non-hydrogen) atoms. The first-order valence-corrected chi connectivity index (χ1v) is 8.43. The van der Waals surface area contributed by atoms with Gasteiger partial charge in [-0.1, -0.05) is 39.8 Å². The van der Waals surface area contributed by atoms with Crippen molar-refractivity contribution in [3.05, 3.63) is 58.7 Å². The summed E-state index contributed by atoms with van der Waals surface area (Å²) in [6.45, 7) is 7.76. The molecule has 4 nitrogen and oxygen atoms in total. The topological polar surface area (TPSA) is 74.6 Å². The van der Waals surface area contributed by atoms with Gasteiger partial charge in [-0.05, 0) is 47.2 Å². The zero-order valence-corrected chi connectivity index (χ0v) is 15.0. The van der Waals surface area contributed by atoms with Crippen LogP contribution in [0.5, 0.6) is 11.5 Å². The van der Waals surface area contributed by atoms with E-state index in [1.165, 1.54) is 18.2 Å². The smallest absolute Gasteiger partial charge is 0.170 e.